The number of pyridine rings is 2. The molecule has 0 aromatic carbocycles. The molecular formula is C21H28N4O3. The quantitative estimate of drug-likeness (QED) is 0.844. The van der Waals surface area contributed by atoms with Gasteiger partial charge in [0.15, 0.2) is 0 Å². The summed E-state index contributed by atoms with van der Waals surface area (Å²) in [5.41, 5.74) is 0.886. The Hall–Kier alpha value is -2.83. The summed E-state index contributed by atoms with van der Waals surface area (Å²) >= 11 is 0. The van der Waals surface area contributed by atoms with Crippen molar-refractivity contribution in [2.45, 2.75) is 64.6 Å². The normalized spacial score (nSPS) is 19.3. The zero-order valence-electron chi connectivity index (χ0n) is 16.9. The van der Waals surface area contributed by atoms with Crippen LogP contribution in [0, 0.1) is 6.92 Å². The van der Waals surface area contributed by atoms with Crippen LogP contribution < -0.4 is 16.2 Å². The van der Waals surface area contributed by atoms with Crippen molar-refractivity contribution in [2.24, 2.45) is 0 Å². The van der Waals surface area contributed by atoms with Crippen LogP contribution >= 0.6 is 0 Å². The molecule has 1 fully saturated rings. The molecule has 1 aliphatic rings. The van der Waals surface area contributed by atoms with E-state index in [0.717, 1.165) is 30.8 Å². The highest BCUT2D eigenvalue weighted by Gasteiger charge is 2.27. The first kappa shape index (κ1) is 19.9. The van der Waals surface area contributed by atoms with Crippen molar-refractivity contribution < 1.29 is 9.53 Å². The number of rotatable bonds is 4. The molecule has 1 aliphatic carbocycles. The molecule has 28 heavy (non-hydrogen) atoms. The molecule has 1 amide bonds. The number of aryl methyl sites for hydroxylation is 1. The van der Waals surface area contributed by atoms with Crippen molar-refractivity contribution in [1.29, 1.82) is 0 Å². The highest BCUT2D eigenvalue weighted by molar-refractivity contribution is 5.68. The van der Waals surface area contributed by atoms with Crippen molar-refractivity contribution in [3.8, 4) is 5.69 Å². The maximum absolute atomic E-state index is 12.2. The maximum Gasteiger partial charge on any atom is 0.407 e. The van der Waals surface area contributed by atoms with Gasteiger partial charge >= 0.3 is 6.09 Å². The number of nitrogens with zero attached hydrogens (tertiary/aromatic N) is 2. The lowest BCUT2D eigenvalue weighted by atomic mass is 10.2. The van der Waals surface area contributed by atoms with E-state index in [-0.39, 0.29) is 23.7 Å². The van der Waals surface area contributed by atoms with Crippen LogP contribution in [0.3, 0.4) is 0 Å². The number of amides is 1. The Labute approximate surface area is 165 Å². The number of alkyl carbamates (subject to hydrolysis) is 1. The van der Waals surface area contributed by atoms with E-state index in [1.54, 1.807) is 30.0 Å². The number of ether oxygens (including phenoxy) is 1. The van der Waals surface area contributed by atoms with Crippen LogP contribution in [-0.2, 0) is 4.74 Å². The molecule has 7 heteroatoms. The Morgan fingerprint density at radius 3 is 2.64 bits per heavy atom. The minimum absolute atomic E-state index is 0.0446. The Balaban J connectivity index is 1.56. The van der Waals surface area contributed by atoms with Crippen molar-refractivity contribution >= 4 is 11.9 Å². The predicted molar refractivity (Wildman–Crippen MR) is 109 cm³/mol. The molecule has 2 atom stereocenters. The average Bonchev–Trinajstić information content (AvgIpc) is 3.03. The van der Waals surface area contributed by atoms with Gasteiger partial charge in [0.1, 0.15) is 11.4 Å². The van der Waals surface area contributed by atoms with Gasteiger partial charge in [-0.1, -0.05) is 6.07 Å². The maximum atomic E-state index is 12.2. The number of anilines is 1. The Morgan fingerprint density at radius 2 is 1.96 bits per heavy atom. The number of hydrogen-bond acceptors (Lipinski definition) is 5. The molecular weight excluding hydrogens is 356 g/mol. The molecule has 2 aromatic rings. The summed E-state index contributed by atoms with van der Waals surface area (Å²) in [6.07, 6.45) is 5.72. The lowest BCUT2D eigenvalue weighted by molar-refractivity contribution is 0.0505. The number of nitrogens with one attached hydrogen (secondary N) is 2. The molecule has 7 nitrogen and oxygen atoms in total. The van der Waals surface area contributed by atoms with Gasteiger partial charge in [0.2, 0.25) is 0 Å². The Kier molecular flexibility index (Phi) is 5.72. The summed E-state index contributed by atoms with van der Waals surface area (Å²) in [7, 11) is 0. The van der Waals surface area contributed by atoms with Gasteiger partial charge in [0.05, 0.1) is 11.9 Å². The SMILES string of the molecule is Cc1cccn(-c2ccc(N[C@H]3CC[C@H](NC(=O)OC(C)(C)C)C3)nc2)c1=O. The molecule has 0 unspecified atom stereocenters. The van der Waals surface area contributed by atoms with Crippen LogP contribution in [0.5, 0.6) is 0 Å². The van der Waals surface area contributed by atoms with Crippen LogP contribution in [0.1, 0.15) is 45.6 Å². The molecule has 2 N–H and O–H groups in total. The minimum atomic E-state index is -0.495. The van der Waals surface area contributed by atoms with Gasteiger partial charge in [-0.2, -0.15) is 0 Å². The van der Waals surface area contributed by atoms with Gasteiger partial charge in [-0.05, 0) is 65.2 Å². The van der Waals surface area contributed by atoms with Crippen LogP contribution in [0.25, 0.3) is 5.69 Å². The average molecular weight is 384 g/mol. The van der Waals surface area contributed by atoms with Gasteiger partial charge < -0.3 is 15.4 Å². The lowest BCUT2D eigenvalue weighted by Gasteiger charge is -2.22. The van der Waals surface area contributed by atoms with Gasteiger partial charge in [-0.15, -0.1) is 0 Å². The third kappa shape index (κ3) is 5.12. The van der Waals surface area contributed by atoms with E-state index in [4.69, 9.17) is 4.74 Å². The van der Waals surface area contributed by atoms with Crippen molar-refractivity contribution in [3.05, 3.63) is 52.6 Å². The summed E-state index contributed by atoms with van der Waals surface area (Å²) in [5.74, 6) is 0.757. The highest BCUT2D eigenvalue weighted by atomic mass is 16.6. The topological polar surface area (TPSA) is 85.2 Å². The molecule has 0 radical (unpaired) electrons. The lowest BCUT2D eigenvalue weighted by Crippen LogP contribution is -2.38. The molecule has 1 saturated carbocycles. The molecule has 2 aromatic heterocycles. The van der Waals surface area contributed by atoms with Crippen molar-refractivity contribution in [2.75, 3.05) is 5.32 Å². The second kappa shape index (κ2) is 8.04. The summed E-state index contributed by atoms with van der Waals surface area (Å²) in [6, 6.07) is 7.72. The second-order valence-corrected chi connectivity index (χ2v) is 8.27. The summed E-state index contributed by atoms with van der Waals surface area (Å²) < 4.78 is 6.90. The molecule has 3 rings (SSSR count). The molecule has 2 heterocycles. The molecule has 0 spiro atoms. The van der Waals surface area contributed by atoms with Crippen LogP contribution in [0.15, 0.2) is 41.5 Å². The van der Waals surface area contributed by atoms with Gasteiger partial charge in [0, 0.05) is 23.8 Å². The largest absolute Gasteiger partial charge is 0.444 e. The standard InChI is InChI=1S/C21H28N4O3/c1-14-6-5-11-25(19(14)26)17-9-10-18(22-13-17)23-15-7-8-16(12-15)24-20(27)28-21(2,3)4/h5-6,9-11,13,15-16H,7-8,12H2,1-4H3,(H,22,23)(H,24,27)/t15-,16-/m0/s1. The van der Waals surface area contributed by atoms with E-state index in [2.05, 4.69) is 15.6 Å². The summed E-state index contributed by atoms with van der Waals surface area (Å²) in [5, 5.41) is 6.34. The van der Waals surface area contributed by atoms with E-state index in [9.17, 15) is 9.59 Å². The third-order valence-electron chi connectivity index (χ3n) is 4.67. The third-order valence-corrected chi connectivity index (χ3v) is 4.67. The first-order valence-corrected chi connectivity index (χ1v) is 9.62. The first-order valence-electron chi connectivity index (χ1n) is 9.62. The predicted octanol–water partition coefficient (Wildman–Crippen LogP) is 3.40. The fraction of sp³-hybridized carbons (Fsp3) is 0.476. The van der Waals surface area contributed by atoms with Crippen LogP contribution in [0.4, 0.5) is 10.6 Å². The van der Waals surface area contributed by atoms with Gasteiger partial charge in [0.25, 0.3) is 5.56 Å². The Bertz CT molecular complexity index is 884. The van der Waals surface area contributed by atoms with E-state index in [1.165, 1.54) is 0 Å². The van der Waals surface area contributed by atoms with E-state index < -0.39 is 5.60 Å². The fourth-order valence-corrected chi connectivity index (χ4v) is 3.35. The van der Waals surface area contributed by atoms with E-state index in [1.807, 2.05) is 39.0 Å². The van der Waals surface area contributed by atoms with Gasteiger partial charge in [-0.25, -0.2) is 9.78 Å². The summed E-state index contributed by atoms with van der Waals surface area (Å²) in [6.45, 7) is 7.35. The van der Waals surface area contributed by atoms with E-state index in [0.29, 0.717) is 5.56 Å². The number of carbonyl (C=O) groups excluding carboxylic acids is 1. The first-order chi connectivity index (χ1) is 13.2. The molecule has 150 valence electrons. The molecule has 0 aliphatic heterocycles. The summed E-state index contributed by atoms with van der Waals surface area (Å²) in [4.78, 5) is 28.6. The van der Waals surface area contributed by atoms with E-state index >= 15 is 0 Å². The van der Waals surface area contributed by atoms with Gasteiger partial charge in [-0.3, -0.25) is 9.36 Å². The molecule has 0 bridgehead atoms. The van der Waals surface area contributed by atoms with Crippen molar-refractivity contribution in [1.82, 2.24) is 14.9 Å². The second-order valence-electron chi connectivity index (χ2n) is 8.27. The Morgan fingerprint density at radius 1 is 1.21 bits per heavy atom. The highest BCUT2D eigenvalue weighted by Crippen LogP contribution is 2.23. The smallest absolute Gasteiger partial charge is 0.407 e. The van der Waals surface area contributed by atoms with Crippen LogP contribution in [0.2, 0.25) is 0 Å². The number of hydrogen-bond donors (Lipinski definition) is 2. The fourth-order valence-electron chi connectivity index (χ4n) is 3.35. The van der Waals surface area contributed by atoms with Crippen LogP contribution in [-0.4, -0.2) is 33.3 Å². The molecule has 0 saturated heterocycles. The minimum Gasteiger partial charge on any atom is -0.444 e. The number of carbonyl (C=O) groups is 1. The number of aromatic nitrogens is 2. The zero-order chi connectivity index (χ0) is 20.3. The zero-order valence-corrected chi connectivity index (χ0v) is 16.9. The van der Waals surface area contributed by atoms with Crippen molar-refractivity contribution in [3.63, 3.8) is 0 Å². The monoisotopic (exact) mass is 384 g/mol.